The number of benzene rings is 5. The monoisotopic (exact) mass is 761 g/mol. The van der Waals surface area contributed by atoms with Crippen LogP contribution in [0.4, 0.5) is 17.1 Å². The van der Waals surface area contributed by atoms with E-state index in [-0.39, 0.29) is 29.7 Å². The van der Waals surface area contributed by atoms with Gasteiger partial charge in [-0.3, -0.25) is 9.59 Å². The van der Waals surface area contributed by atoms with Crippen LogP contribution < -0.4 is 16.0 Å². The van der Waals surface area contributed by atoms with E-state index < -0.39 is 23.3 Å². The zero-order valence-electron chi connectivity index (χ0n) is 25.8. The van der Waals surface area contributed by atoms with Crippen LogP contribution in [0.25, 0.3) is 0 Å². The van der Waals surface area contributed by atoms with Gasteiger partial charge < -0.3 is 21.1 Å². The Morgan fingerprint density at radius 2 is 1.08 bits per heavy atom. The van der Waals surface area contributed by atoms with Crippen molar-refractivity contribution in [2.75, 3.05) is 16.0 Å². The second kappa shape index (κ2) is 13.5. The maximum absolute atomic E-state index is 14.6. The van der Waals surface area contributed by atoms with Gasteiger partial charge in [-0.2, -0.15) is 0 Å². The van der Waals surface area contributed by atoms with Crippen molar-refractivity contribution >= 4 is 60.7 Å². The lowest BCUT2D eigenvalue weighted by molar-refractivity contribution is -0.139. The van der Waals surface area contributed by atoms with Gasteiger partial charge in [-0.25, -0.2) is 0 Å². The number of carbonyl (C=O) groups excluding carboxylic acids is 2. The molecule has 3 aliphatic carbocycles. The summed E-state index contributed by atoms with van der Waals surface area (Å²) < 4.78 is 1.85. The number of halogens is 2. The molecule has 8 rings (SSSR count). The number of rotatable bonds is 8. The number of amides is 2. The Labute approximate surface area is 296 Å². The summed E-state index contributed by atoms with van der Waals surface area (Å²) in [4.78, 5) is 29.2. The fraction of sp³-hybridized carbons (Fsp3) is 0.150. The molecule has 1 saturated carbocycles. The van der Waals surface area contributed by atoms with E-state index >= 15 is 0 Å². The summed E-state index contributed by atoms with van der Waals surface area (Å²) in [6.45, 7) is 0. The van der Waals surface area contributed by atoms with E-state index in [0.29, 0.717) is 17.1 Å². The van der Waals surface area contributed by atoms with Crippen LogP contribution in [0.5, 0.6) is 0 Å². The number of hydrogen-bond acceptors (Lipinski definition) is 4. The lowest BCUT2D eigenvalue weighted by Gasteiger charge is -2.57. The first kappa shape index (κ1) is 32.1. The fourth-order valence-corrected chi connectivity index (χ4v) is 8.01. The molecule has 0 radical (unpaired) electrons. The van der Waals surface area contributed by atoms with Gasteiger partial charge in [-0.1, -0.05) is 111 Å². The van der Waals surface area contributed by atoms with Crippen LogP contribution in [0.15, 0.2) is 160 Å². The van der Waals surface area contributed by atoms with Gasteiger partial charge in [0, 0.05) is 43.5 Å². The number of aliphatic hydroxyl groups is 1. The zero-order chi connectivity index (χ0) is 33.3. The summed E-state index contributed by atoms with van der Waals surface area (Å²) in [6.07, 6.45) is 0.177. The van der Waals surface area contributed by atoms with Crippen molar-refractivity contribution in [1.29, 1.82) is 0 Å². The lowest BCUT2D eigenvalue weighted by atomic mass is 9.49. The van der Waals surface area contributed by atoms with Gasteiger partial charge in [0.25, 0.3) is 5.91 Å². The number of hydrogen-bond donors (Lipinski definition) is 4. The van der Waals surface area contributed by atoms with Crippen LogP contribution in [-0.2, 0) is 9.59 Å². The molecular formula is C40H33Br2N3O3. The molecule has 5 unspecified atom stereocenters. The lowest BCUT2D eigenvalue weighted by Crippen LogP contribution is -2.62. The highest BCUT2D eigenvalue weighted by molar-refractivity contribution is 9.10. The molecule has 48 heavy (non-hydrogen) atoms. The van der Waals surface area contributed by atoms with Gasteiger partial charge in [0.2, 0.25) is 5.91 Å². The van der Waals surface area contributed by atoms with Crippen LogP contribution in [0.2, 0.25) is 0 Å². The standard InChI is InChI=1S/C40H33Br2N3O3/c41-27-20-16-25(17-21-27)32-24-40(48)35(38(46)44-30-12-6-2-7-13-30)33(26-18-22-28(42)23-19-26)34(32)37(43-29-10-4-1-5-11-29)36(40)39(47)45-31-14-8-3-9-15-31/h1-23,32-35,43,48H,24H2,(H,44,46)(H,45,47). The van der Waals surface area contributed by atoms with E-state index in [9.17, 15) is 14.7 Å². The third-order valence-corrected chi connectivity index (χ3v) is 10.5. The fourth-order valence-electron chi connectivity index (χ4n) is 7.48. The molecule has 5 aromatic rings. The minimum Gasteiger partial charge on any atom is -0.384 e. The smallest absolute Gasteiger partial charge is 0.256 e. The van der Waals surface area contributed by atoms with E-state index in [1.807, 2.05) is 127 Å². The van der Waals surface area contributed by atoms with Gasteiger partial charge >= 0.3 is 0 Å². The Bertz CT molecular complexity index is 1950. The molecule has 0 saturated heterocycles. The number of nitrogens with one attached hydrogen (secondary N) is 3. The molecule has 0 aromatic heterocycles. The van der Waals surface area contributed by atoms with Crippen molar-refractivity contribution in [3.8, 4) is 0 Å². The van der Waals surface area contributed by atoms with E-state index in [2.05, 4.69) is 59.9 Å². The van der Waals surface area contributed by atoms with E-state index in [1.165, 1.54) is 0 Å². The van der Waals surface area contributed by atoms with Crippen molar-refractivity contribution < 1.29 is 14.7 Å². The van der Waals surface area contributed by atoms with Crippen molar-refractivity contribution in [3.63, 3.8) is 0 Å². The molecule has 1 fully saturated rings. The average Bonchev–Trinajstić information content (AvgIpc) is 3.09. The largest absolute Gasteiger partial charge is 0.384 e. The zero-order valence-corrected chi connectivity index (χ0v) is 29.0. The second-order valence-corrected chi connectivity index (χ2v) is 14.2. The first-order valence-electron chi connectivity index (χ1n) is 15.8. The van der Waals surface area contributed by atoms with Crippen molar-refractivity contribution in [2.24, 2.45) is 11.8 Å². The number of allylic oxidation sites excluding steroid dienone is 1. The third-order valence-electron chi connectivity index (χ3n) is 9.45. The highest BCUT2D eigenvalue weighted by Gasteiger charge is 2.65. The predicted molar refractivity (Wildman–Crippen MR) is 198 cm³/mol. The van der Waals surface area contributed by atoms with Crippen LogP contribution in [0.3, 0.4) is 0 Å². The molecule has 5 atom stereocenters. The normalized spacial score (nSPS) is 23.0. The molecule has 3 aliphatic rings. The Balaban J connectivity index is 1.47. The Morgan fingerprint density at radius 3 is 1.62 bits per heavy atom. The molecule has 2 amide bonds. The van der Waals surface area contributed by atoms with E-state index in [0.717, 1.165) is 25.8 Å². The minimum absolute atomic E-state index is 0.176. The van der Waals surface area contributed by atoms with Crippen LogP contribution in [0, 0.1) is 11.8 Å². The SMILES string of the molecule is O=C(Nc1ccccc1)C1=C(Nc2ccccc2)C2C(c3ccc(Br)cc3)CC1(O)C(C(=O)Nc1ccccc1)C2c1ccc(Br)cc1. The van der Waals surface area contributed by atoms with Crippen LogP contribution in [0.1, 0.15) is 29.4 Å². The minimum atomic E-state index is -1.86. The van der Waals surface area contributed by atoms with Gasteiger partial charge in [0.05, 0.1) is 11.5 Å². The molecule has 4 N–H and O–H groups in total. The maximum atomic E-state index is 14.6. The Hall–Kier alpha value is -4.50. The number of carbonyl (C=O) groups is 2. The predicted octanol–water partition coefficient (Wildman–Crippen LogP) is 9.10. The molecular weight excluding hydrogens is 730 g/mol. The first-order valence-corrected chi connectivity index (χ1v) is 17.4. The molecule has 0 spiro atoms. The number of anilines is 3. The quantitative estimate of drug-likeness (QED) is 0.127. The highest BCUT2D eigenvalue weighted by Crippen LogP contribution is 2.63. The summed E-state index contributed by atoms with van der Waals surface area (Å²) in [5.41, 5.74) is 2.82. The average molecular weight is 764 g/mol. The topological polar surface area (TPSA) is 90.5 Å². The van der Waals surface area contributed by atoms with Crippen molar-refractivity contribution in [3.05, 3.63) is 171 Å². The van der Waals surface area contributed by atoms with Crippen LogP contribution >= 0.6 is 31.9 Å². The van der Waals surface area contributed by atoms with Crippen molar-refractivity contribution in [2.45, 2.75) is 23.9 Å². The molecule has 6 nitrogen and oxygen atoms in total. The third kappa shape index (κ3) is 6.23. The van der Waals surface area contributed by atoms with E-state index in [4.69, 9.17) is 0 Å². The second-order valence-electron chi connectivity index (χ2n) is 12.3. The van der Waals surface area contributed by atoms with E-state index in [1.54, 1.807) is 0 Å². The molecule has 2 bridgehead atoms. The van der Waals surface area contributed by atoms with Gasteiger partial charge in [0.15, 0.2) is 0 Å². The number of fused-ring (bicyclic) bond motifs is 2. The summed E-state index contributed by atoms with van der Waals surface area (Å²) in [7, 11) is 0. The number of para-hydroxylation sites is 3. The van der Waals surface area contributed by atoms with Gasteiger partial charge in [-0.15, -0.1) is 0 Å². The Morgan fingerprint density at radius 1 is 0.604 bits per heavy atom. The molecule has 8 heteroatoms. The molecule has 5 aromatic carbocycles. The molecule has 240 valence electrons. The summed E-state index contributed by atoms with van der Waals surface area (Å²) in [5.74, 6) is -2.89. The summed E-state index contributed by atoms with van der Waals surface area (Å²) in [5, 5.41) is 23.0. The molecule has 0 heterocycles. The first-order chi connectivity index (χ1) is 23.3. The highest BCUT2D eigenvalue weighted by atomic mass is 79.9. The Kier molecular flexibility index (Phi) is 9.05. The van der Waals surface area contributed by atoms with Crippen molar-refractivity contribution in [1.82, 2.24) is 0 Å². The summed E-state index contributed by atoms with van der Waals surface area (Å²) >= 11 is 7.14. The molecule has 0 aliphatic heterocycles. The van der Waals surface area contributed by atoms with Crippen LogP contribution in [-0.4, -0.2) is 22.5 Å². The van der Waals surface area contributed by atoms with Gasteiger partial charge in [-0.05, 0) is 84.1 Å². The summed E-state index contributed by atoms with van der Waals surface area (Å²) in [6, 6.07) is 44.1. The van der Waals surface area contributed by atoms with Gasteiger partial charge in [0.1, 0.15) is 5.60 Å². The maximum Gasteiger partial charge on any atom is 0.256 e.